The molecule has 1 fully saturated rings. The summed E-state index contributed by atoms with van der Waals surface area (Å²) in [7, 11) is 0. The lowest BCUT2D eigenvalue weighted by atomic mass is 9.95. The van der Waals surface area contributed by atoms with Gasteiger partial charge < -0.3 is 10.6 Å². The van der Waals surface area contributed by atoms with Crippen LogP contribution in [0.1, 0.15) is 64.1 Å². The summed E-state index contributed by atoms with van der Waals surface area (Å²) < 4.78 is 3.48. The van der Waals surface area contributed by atoms with Crippen LogP contribution in [0.5, 0.6) is 0 Å². The van der Waals surface area contributed by atoms with E-state index in [1.54, 1.807) is 33.6 Å². The zero-order valence-corrected chi connectivity index (χ0v) is 19.2. The van der Waals surface area contributed by atoms with Crippen molar-refractivity contribution in [1.29, 1.82) is 0 Å². The van der Waals surface area contributed by atoms with Crippen LogP contribution in [-0.4, -0.2) is 37.0 Å². The Balaban J connectivity index is 1.28. The number of pyridine rings is 1. The zero-order chi connectivity index (χ0) is 23.5. The van der Waals surface area contributed by atoms with Gasteiger partial charge in [-0.15, -0.1) is 0 Å². The molecule has 8 heteroatoms. The maximum absolute atomic E-state index is 13.0. The largest absolute Gasteiger partial charge is 0.348 e. The van der Waals surface area contributed by atoms with Gasteiger partial charge >= 0.3 is 0 Å². The molecule has 5 rings (SSSR count). The van der Waals surface area contributed by atoms with Gasteiger partial charge in [-0.05, 0) is 49.6 Å². The van der Waals surface area contributed by atoms with E-state index in [1.807, 2.05) is 31.3 Å². The predicted molar refractivity (Wildman–Crippen MR) is 129 cm³/mol. The molecule has 1 aliphatic carbocycles. The lowest BCUT2D eigenvalue weighted by Crippen LogP contribution is -2.36. The first-order valence-electron chi connectivity index (χ1n) is 11.7. The fourth-order valence-electron chi connectivity index (χ4n) is 4.50. The summed E-state index contributed by atoms with van der Waals surface area (Å²) in [6.45, 7) is 2.37. The van der Waals surface area contributed by atoms with Gasteiger partial charge in [-0.25, -0.2) is 9.67 Å². The first kappa shape index (κ1) is 21.9. The van der Waals surface area contributed by atoms with E-state index >= 15 is 0 Å². The molecule has 0 saturated heterocycles. The molecule has 0 bridgehead atoms. The first-order chi connectivity index (χ1) is 16.6. The van der Waals surface area contributed by atoms with E-state index in [0.717, 1.165) is 42.5 Å². The Morgan fingerprint density at radius 2 is 1.91 bits per heavy atom. The van der Waals surface area contributed by atoms with Crippen LogP contribution in [0.2, 0.25) is 0 Å². The molecule has 174 valence electrons. The van der Waals surface area contributed by atoms with Gasteiger partial charge in [-0.2, -0.15) is 5.10 Å². The second-order valence-electron chi connectivity index (χ2n) is 8.88. The number of rotatable bonds is 6. The van der Waals surface area contributed by atoms with Crippen LogP contribution >= 0.6 is 0 Å². The first-order valence-corrected chi connectivity index (χ1v) is 11.7. The van der Waals surface area contributed by atoms with Crippen molar-refractivity contribution in [2.75, 3.05) is 0 Å². The predicted octanol–water partition coefficient (Wildman–Crippen LogP) is 3.82. The maximum atomic E-state index is 13.0. The highest BCUT2D eigenvalue weighted by molar-refractivity contribution is 6.01. The van der Waals surface area contributed by atoms with Gasteiger partial charge in [0.2, 0.25) is 0 Å². The molecular formula is C26H28N6O2. The Bertz CT molecular complexity index is 1330. The number of carbonyl (C=O) groups is 2. The number of fused-ring (bicyclic) bond motifs is 1. The Morgan fingerprint density at radius 1 is 1.06 bits per heavy atom. The Labute approximate surface area is 198 Å². The van der Waals surface area contributed by atoms with E-state index in [2.05, 4.69) is 26.8 Å². The molecule has 0 atom stereocenters. The smallest absolute Gasteiger partial charge is 0.270 e. The Morgan fingerprint density at radius 3 is 2.74 bits per heavy atom. The lowest BCUT2D eigenvalue weighted by molar-refractivity contribution is 0.0918. The number of aromatic nitrogens is 4. The number of aryl methyl sites for hydroxylation is 1. The van der Waals surface area contributed by atoms with Gasteiger partial charge in [0.05, 0.1) is 23.6 Å². The van der Waals surface area contributed by atoms with E-state index in [-0.39, 0.29) is 17.9 Å². The average molecular weight is 457 g/mol. The highest BCUT2D eigenvalue weighted by Gasteiger charge is 2.21. The third-order valence-electron chi connectivity index (χ3n) is 6.31. The van der Waals surface area contributed by atoms with Crippen molar-refractivity contribution in [1.82, 2.24) is 29.8 Å². The Hall–Kier alpha value is -3.94. The Kier molecular flexibility index (Phi) is 6.12. The number of benzene rings is 1. The number of hydrogen-bond acceptors (Lipinski definition) is 4. The highest BCUT2D eigenvalue weighted by Crippen LogP contribution is 2.19. The van der Waals surface area contributed by atoms with Crippen molar-refractivity contribution in [3.8, 4) is 5.69 Å². The summed E-state index contributed by atoms with van der Waals surface area (Å²) in [4.78, 5) is 30.2. The summed E-state index contributed by atoms with van der Waals surface area (Å²) in [5.41, 5.74) is 4.34. The molecule has 0 aliphatic heterocycles. The highest BCUT2D eigenvalue weighted by atomic mass is 16.2. The normalized spacial score (nSPS) is 14.3. The summed E-state index contributed by atoms with van der Waals surface area (Å²) in [5, 5.41) is 10.5. The van der Waals surface area contributed by atoms with Crippen molar-refractivity contribution in [3.63, 3.8) is 0 Å². The van der Waals surface area contributed by atoms with Crippen LogP contribution in [0.3, 0.4) is 0 Å². The number of imidazole rings is 1. The second kappa shape index (κ2) is 9.51. The summed E-state index contributed by atoms with van der Waals surface area (Å²) >= 11 is 0. The monoisotopic (exact) mass is 456 g/mol. The van der Waals surface area contributed by atoms with E-state index in [4.69, 9.17) is 0 Å². The molecule has 1 aromatic carbocycles. The van der Waals surface area contributed by atoms with E-state index < -0.39 is 0 Å². The van der Waals surface area contributed by atoms with Gasteiger partial charge in [0.15, 0.2) is 0 Å². The average Bonchev–Trinajstić information content (AvgIpc) is 3.50. The standard InChI is InChI=1S/C26H28N6O2/c1-18-7-5-10-21(13-18)32-17-19(15-29-32)14-28-25(33)22-11-6-12-31-23(16-27-24(22)31)26(34)30-20-8-3-2-4-9-20/h5-7,10-13,15-17,20H,2-4,8-9,14H2,1H3,(H,28,33)(H,30,34). The fourth-order valence-corrected chi connectivity index (χ4v) is 4.50. The summed E-state index contributed by atoms with van der Waals surface area (Å²) in [6, 6.07) is 11.8. The van der Waals surface area contributed by atoms with Crippen molar-refractivity contribution in [2.24, 2.45) is 0 Å². The molecule has 4 aromatic rings. The van der Waals surface area contributed by atoms with Crippen molar-refractivity contribution in [3.05, 3.63) is 83.6 Å². The molecule has 34 heavy (non-hydrogen) atoms. The molecule has 3 aromatic heterocycles. The minimum Gasteiger partial charge on any atom is -0.348 e. The minimum absolute atomic E-state index is 0.152. The van der Waals surface area contributed by atoms with E-state index in [9.17, 15) is 9.59 Å². The van der Waals surface area contributed by atoms with Crippen molar-refractivity contribution < 1.29 is 9.59 Å². The quantitative estimate of drug-likeness (QED) is 0.461. The van der Waals surface area contributed by atoms with Gasteiger partial charge in [0.1, 0.15) is 11.3 Å². The van der Waals surface area contributed by atoms with Gasteiger partial charge in [-0.3, -0.25) is 14.0 Å². The molecule has 3 heterocycles. The molecule has 0 spiro atoms. The van der Waals surface area contributed by atoms with Crippen LogP contribution in [0, 0.1) is 6.92 Å². The SMILES string of the molecule is Cc1cccc(-n2cc(CNC(=O)c3cccn4c(C(=O)NC5CCCCC5)cnc34)cn2)c1. The van der Waals surface area contributed by atoms with Gasteiger partial charge in [0, 0.05) is 30.5 Å². The van der Waals surface area contributed by atoms with Crippen molar-refractivity contribution >= 4 is 17.5 Å². The number of amides is 2. The number of hydrogen-bond donors (Lipinski definition) is 2. The van der Waals surface area contributed by atoms with Crippen LogP contribution < -0.4 is 10.6 Å². The molecular weight excluding hydrogens is 428 g/mol. The molecule has 1 saturated carbocycles. The third kappa shape index (κ3) is 4.57. The number of nitrogens with one attached hydrogen (secondary N) is 2. The van der Waals surface area contributed by atoms with Gasteiger partial charge in [-0.1, -0.05) is 31.4 Å². The third-order valence-corrected chi connectivity index (χ3v) is 6.31. The minimum atomic E-state index is -0.251. The molecule has 8 nitrogen and oxygen atoms in total. The van der Waals surface area contributed by atoms with Crippen LogP contribution in [0.4, 0.5) is 0 Å². The molecule has 1 aliphatic rings. The number of carbonyl (C=O) groups excluding carboxylic acids is 2. The summed E-state index contributed by atoms with van der Waals surface area (Å²) in [6.07, 6.45) is 12.5. The lowest BCUT2D eigenvalue weighted by Gasteiger charge is -2.22. The molecule has 2 N–H and O–H groups in total. The molecule has 0 radical (unpaired) electrons. The van der Waals surface area contributed by atoms with Crippen LogP contribution in [0.25, 0.3) is 11.3 Å². The van der Waals surface area contributed by atoms with E-state index in [0.29, 0.717) is 23.4 Å². The van der Waals surface area contributed by atoms with Gasteiger partial charge in [0.25, 0.3) is 11.8 Å². The van der Waals surface area contributed by atoms with Crippen molar-refractivity contribution in [2.45, 2.75) is 51.6 Å². The molecule has 2 amide bonds. The van der Waals surface area contributed by atoms with E-state index in [1.165, 1.54) is 12.6 Å². The van der Waals surface area contributed by atoms with Crippen LogP contribution in [-0.2, 0) is 6.54 Å². The second-order valence-corrected chi connectivity index (χ2v) is 8.88. The summed E-state index contributed by atoms with van der Waals surface area (Å²) in [5.74, 6) is -0.403. The van der Waals surface area contributed by atoms with Crippen LogP contribution in [0.15, 0.2) is 61.2 Å². The zero-order valence-electron chi connectivity index (χ0n) is 19.2. The fraction of sp³-hybridized carbons (Fsp3) is 0.308. The maximum Gasteiger partial charge on any atom is 0.270 e. The molecule has 0 unspecified atom stereocenters. The number of nitrogens with zero attached hydrogens (tertiary/aromatic N) is 4. The topological polar surface area (TPSA) is 93.3 Å².